The Morgan fingerprint density at radius 1 is 1.15 bits per heavy atom. The topological polar surface area (TPSA) is 37.4 Å². The monoisotopic (exact) mass is 271 g/mol. The molecule has 1 aromatic rings. The molecule has 1 amide bonds. The highest BCUT2D eigenvalue weighted by molar-refractivity contribution is 5.95. The van der Waals surface area contributed by atoms with Crippen LogP contribution in [0.3, 0.4) is 0 Å². The molecule has 1 heterocycles. The number of carbonyl (C=O) groups excluding carboxylic acids is 2. The van der Waals surface area contributed by atoms with Gasteiger partial charge in [0.1, 0.15) is 5.78 Å². The molecule has 1 saturated carbocycles. The minimum atomic E-state index is 0.0897. The Morgan fingerprint density at radius 2 is 1.90 bits per heavy atom. The van der Waals surface area contributed by atoms with Crippen molar-refractivity contribution in [3.05, 3.63) is 35.4 Å². The predicted molar refractivity (Wildman–Crippen MR) is 77.6 cm³/mol. The van der Waals surface area contributed by atoms with Crippen molar-refractivity contribution in [2.45, 2.75) is 45.1 Å². The number of ketones is 1. The molecule has 0 radical (unpaired) electrons. The van der Waals surface area contributed by atoms with Crippen LogP contribution in [0.2, 0.25) is 0 Å². The van der Waals surface area contributed by atoms with Gasteiger partial charge < -0.3 is 4.90 Å². The number of Topliss-reactive ketones (excluding diaryl/α,β-unsaturated/α-hetero) is 1. The number of aryl methyl sites for hydroxylation is 1. The Bertz CT molecular complexity index is 520. The molecule has 0 aromatic heterocycles. The fraction of sp³-hybridized carbons (Fsp3) is 0.529. The molecule has 0 N–H and O–H groups in total. The van der Waals surface area contributed by atoms with Crippen molar-refractivity contribution >= 4 is 11.7 Å². The number of hydrogen-bond acceptors (Lipinski definition) is 2. The van der Waals surface area contributed by atoms with E-state index in [0.717, 1.165) is 43.4 Å². The minimum Gasteiger partial charge on any atom is -0.335 e. The number of rotatable bonds is 2. The van der Waals surface area contributed by atoms with Crippen LogP contribution in [0.4, 0.5) is 0 Å². The first-order valence-electron chi connectivity index (χ1n) is 7.57. The van der Waals surface area contributed by atoms with Crippen molar-refractivity contribution in [3.8, 4) is 0 Å². The Hall–Kier alpha value is -1.64. The van der Waals surface area contributed by atoms with E-state index in [1.165, 1.54) is 0 Å². The van der Waals surface area contributed by atoms with Crippen molar-refractivity contribution in [2.75, 3.05) is 6.54 Å². The summed E-state index contributed by atoms with van der Waals surface area (Å²) in [6.07, 6.45) is 4.65. The van der Waals surface area contributed by atoms with Crippen molar-refractivity contribution in [1.82, 2.24) is 4.90 Å². The van der Waals surface area contributed by atoms with Gasteiger partial charge in [-0.05, 0) is 44.7 Å². The van der Waals surface area contributed by atoms with Gasteiger partial charge in [0.25, 0.3) is 5.91 Å². The van der Waals surface area contributed by atoms with Gasteiger partial charge in [-0.1, -0.05) is 17.7 Å². The molecule has 3 rings (SSSR count). The molecule has 2 atom stereocenters. The minimum absolute atomic E-state index is 0.0897. The van der Waals surface area contributed by atoms with Crippen LogP contribution < -0.4 is 0 Å². The fourth-order valence-electron chi connectivity index (χ4n) is 3.57. The van der Waals surface area contributed by atoms with E-state index in [0.29, 0.717) is 12.2 Å². The van der Waals surface area contributed by atoms with Crippen molar-refractivity contribution < 1.29 is 9.59 Å². The maximum absolute atomic E-state index is 12.6. The summed E-state index contributed by atoms with van der Waals surface area (Å²) >= 11 is 0. The van der Waals surface area contributed by atoms with E-state index >= 15 is 0 Å². The van der Waals surface area contributed by atoms with Crippen molar-refractivity contribution in [1.29, 1.82) is 0 Å². The van der Waals surface area contributed by atoms with Gasteiger partial charge in [-0.2, -0.15) is 0 Å². The van der Waals surface area contributed by atoms with Crippen LogP contribution >= 0.6 is 0 Å². The summed E-state index contributed by atoms with van der Waals surface area (Å²) in [5.74, 6) is 0.540. The summed E-state index contributed by atoms with van der Waals surface area (Å²) in [6.45, 7) is 2.81. The van der Waals surface area contributed by atoms with Gasteiger partial charge in [0.05, 0.1) is 0 Å². The molecule has 1 aliphatic heterocycles. The van der Waals surface area contributed by atoms with E-state index < -0.39 is 0 Å². The Morgan fingerprint density at radius 3 is 2.55 bits per heavy atom. The molecule has 2 unspecified atom stereocenters. The van der Waals surface area contributed by atoms with Crippen LogP contribution in [-0.4, -0.2) is 29.2 Å². The second-order valence-corrected chi connectivity index (χ2v) is 6.04. The molecule has 1 aliphatic carbocycles. The lowest BCUT2D eigenvalue weighted by Crippen LogP contribution is -2.41. The molecule has 20 heavy (non-hydrogen) atoms. The van der Waals surface area contributed by atoms with Gasteiger partial charge in [0, 0.05) is 30.5 Å². The molecule has 1 saturated heterocycles. The largest absolute Gasteiger partial charge is 0.335 e. The molecule has 2 fully saturated rings. The van der Waals surface area contributed by atoms with Gasteiger partial charge in [-0.25, -0.2) is 0 Å². The van der Waals surface area contributed by atoms with Gasteiger partial charge >= 0.3 is 0 Å². The molecule has 1 aromatic carbocycles. The van der Waals surface area contributed by atoms with E-state index in [-0.39, 0.29) is 17.9 Å². The Kier molecular flexibility index (Phi) is 3.60. The van der Waals surface area contributed by atoms with Gasteiger partial charge in [0.2, 0.25) is 0 Å². The van der Waals surface area contributed by atoms with E-state index in [4.69, 9.17) is 0 Å². The summed E-state index contributed by atoms with van der Waals surface area (Å²) in [6, 6.07) is 7.87. The summed E-state index contributed by atoms with van der Waals surface area (Å²) < 4.78 is 0. The zero-order valence-electron chi connectivity index (χ0n) is 12.0. The number of hydrogen-bond donors (Lipinski definition) is 0. The first-order chi connectivity index (χ1) is 9.66. The predicted octanol–water partition coefficient (Wildman–Crippen LogP) is 2.97. The molecule has 2 aliphatic rings. The summed E-state index contributed by atoms with van der Waals surface area (Å²) in [4.78, 5) is 26.6. The highest BCUT2D eigenvalue weighted by Crippen LogP contribution is 2.34. The number of carbonyl (C=O) groups is 2. The molecular formula is C17H21NO2. The summed E-state index contributed by atoms with van der Waals surface area (Å²) in [7, 11) is 0. The van der Waals surface area contributed by atoms with Crippen molar-refractivity contribution in [2.24, 2.45) is 5.92 Å². The summed E-state index contributed by atoms with van der Waals surface area (Å²) in [5, 5.41) is 0. The third-order valence-corrected chi connectivity index (χ3v) is 4.67. The first-order valence-corrected chi connectivity index (χ1v) is 7.57. The zero-order chi connectivity index (χ0) is 14.1. The van der Waals surface area contributed by atoms with Crippen LogP contribution in [0.1, 0.15) is 48.0 Å². The average Bonchev–Trinajstić information content (AvgIpc) is 3.07. The normalized spacial score (nSPS) is 26.2. The van der Waals surface area contributed by atoms with Gasteiger partial charge in [-0.15, -0.1) is 0 Å². The molecule has 106 valence electrons. The SMILES string of the molecule is Cc1ccc(C(=O)N2CCCC2C2CCCC2=O)cc1. The van der Waals surface area contributed by atoms with E-state index in [1.807, 2.05) is 36.1 Å². The van der Waals surface area contributed by atoms with Crippen LogP contribution in [-0.2, 0) is 4.79 Å². The van der Waals surface area contributed by atoms with Crippen LogP contribution in [0.25, 0.3) is 0 Å². The lowest BCUT2D eigenvalue weighted by atomic mass is 9.94. The molecule has 3 heteroatoms. The zero-order valence-corrected chi connectivity index (χ0v) is 12.0. The average molecular weight is 271 g/mol. The van der Waals surface area contributed by atoms with Crippen LogP contribution in [0.15, 0.2) is 24.3 Å². The lowest BCUT2D eigenvalue weighted by Gasteiger charge is -2.28. The lowest BCUT2D eigenvalue weighted by molar-refractivity contribution is -0.121. The Labute approximate surface area is 120 Å². The summed E-state index contributed by atoms with van der Waals surface area (Å²) in [5.41, 5.74) is 1.90. The number of benzene rings is 1. The standard InChI is InChI=1S/C17H21NO2/c1-12-7-9-13(10-8-12)17(20)18-11-3-5-15(18)14-4-2-6-16(14)19/h7-10,14-15H,2-6,11H2,1H3. The van der Waals surface area contributed by atoms with Crippen molar-refractivity contribution in [3.63, 3.8) is 0 Å². The van der Waals surface area contributed by atoms with E-state index in [9.17, 15) is 9.59 Å². The quantitative estimate of drug-likeness (QED) is 0.829. The fourth-order valence-corrected chi connectivity index (χ4v) is 3.57. The molecule has 0 spiro atoms. The van der Waals surface area contributed by atoms with Crippen LogP contribution in [0, 0.1) is 12.8 Å². The smallest absolute Gasteiger partial charge is 0.254 e. The third kappa shape index (κ3) is 2.37. The third-order valence-electron chi connectivity index (χ3n) is 4.67. The molecule has 3 nitrogen and oxygen atoms in total. The second kappa shape index (κ2) is 5.39. The molecular weight excluding hydrogens is 250 g/mol. The highest BCUT2D eigenvalue weighted by Gasteiger charge is 2.40. The van der Waals surface area contributed by atoms with Gasteiger partial charge in [-0.3, -0.25) is 9.59 Å². The molecule has 0 bridgehead atoms. The van der Waals surface area contributed by atoms with E-state index in [2.05, 4.69) is 0 Å². The number of likely N-dealkylation sites (tertiary alicyclic amines) is 1. The number of amides is 1. The van der Waals surface area contributed by atoms with Crippen LogP contribution in [0.5, 0.6) is 0 Å². The van der Waals surface area contributed by atoms with E-state index in [1.54, 1.807) is 0 Å². The first kappa shape index (κ1) is 13.3. The highest BCUT2D eigenvalue weighted by atomic mass is 16.2. The Balaban J connectivity index is 1.79. The maximum atomic E-state index is 12.6. The van der Waals surface area contributed by atoms with Gasteiger partial charge in [0.15, 0.2) is 0 Å². The maximum Gasteiger partial charge on any atom is 0.254 e. The second-order valence-electron chi connectivity index (χ2n) is 6.04. The number of nitrogens with zero attached hydrogens (tertiary/aromatic N) is 1.